The summed E-state index contributed by atoms with van der Waals surface area (Å²) in [5.41, 5.74) is 0.128. The number of methoxy groups -OCH3 is 2. The van der Waals surface area contributed by atoms with Gasteiger partial charge < -0.3 is 23.7 Å². The van der Waals surface area contributed by atoms with E-state index in [1.807, 2.05) is 0 Å². The van der Waals surface area contributed by atoms with Crippen LogP contribution in [0.5, 0.6) is 28.7 Å². The van der Waals surface area contributed by atoms with E-state index in [1.165, 1.54) is 61.0 Å². The Balaban J connectivity index is 1.63. The number of carbonyl (C=O) groups is 2. The van der Waals surface area contributed by atoms with Crippen LogP contribution < -0.4 is 23.8 Å². The number of nitrogens with zero attached hydrogens (tertiary/aromatic N) is 2. The quantitative estimate of drug-likeness (QED) is 0.198. The van der Waals surface area contributed by atoms with Crippen LogP contribution in [0.3, 0.4) is 0 Å². The summed E-state index contributed by atoms with van der Waals surface area (Å²) in [6.45, 7) is 2.08. The highest BCUT2D eigenvalue weighted by Gasteiger charge is 2.30. The Bertz CT molecular complexity index is 1590. The maximum Gasteiger partial charge on any atom is 0.420 e. The molecule has 45 heavy (non-hydrogen) atoms. The molecule has 0 unspecified atom stereocenters. The Labute approximate surface area is 272 Å². The first kappa shape index (κ1) is 34.2. The molecule has 1 fully saturated rings. The standard InChI is InChI=1S/C31H34Cl2N2O9S/c1-4-42-29(36)20-35(31(37)44-23-11-9-22(40-2)10-12-23)21-17-25(32)30(26(33)18-21)43-24-13-14-27(41-3)28(19-24)45(38,39)34-15-7-5-6-8-16-34/h9-14,17-19H,4-8,15-16,20H2,1-3H3. The third-order valence-electron chi connectivity index (χ3n) is 6.91. The van der Waals surface area contributed by atoms with E-state index < -0.39 is 28.6 Å². The molecule has 0 saturated carbocycles. The van der Waals surface area contributed by atoms with Crippen molar-refractivity contribution in [2.45, 2.75) is 37.5 Å². The van der Waals surface area contributed by atoms with Crippen LogP contribution in [0.25, 0.3) is 0 Å². The second kappa shape index (κ2) is 15.5. The summed E-state index contributed by atoms with van der Waals surface area (Å²) in [7, 11) is -0.980. The Morgan fingerprint density at radius 3 is 2.02 bits per heavy atom. The molecule has 14 heteroatoms. The molecule has 11 nitrogen and oxygen atoms in total. The summed E-state index contributed by atoms with van der Waals surface area (Å²) in [6.07, 6.45) is 2.59. The van der Waals surface area contributed by atoms with Gasteiger partial charge in [0.05, 0.1) is 36.6 Å². The summed E-state index contributed by atoms with van der Waals surface area (Å²) in [5, 5.41) is -0.0345. The van der Waals surface area contributed by atoms with Crippen molar-refractivity contribution in [3.8, 4) is 28.7 Å². The molecule has 0 spiro atoms. The monoisotopic (exact) mass is 680 g/mol. The Hall–Kier alpha value is -3.71. The van der Waals surface area contributed by atoms with Gasteiger partial charge in [0.1, 0.15) is 34.4 Å². The molecule has 1 amide bonds. The van der Waals surface area contributed by atoms with Gasteiger partial charge in [0, 0.05) is 19.2 Å². The molecule has 0 atom stereocenters. The number of carbonyl (C=O) groups excluding carboxylic acids is 2. The summed E-state index contributed by atoms with van der Waals surface area (Å²) >= 11 is 13.2. The van der Waals surface area contributed by atoms with Crippen molar-refractivity contribution in [3.05, 3.63) is 64.6 Å². The highest BCUT2D eigenvalue weighted by molar-refractivity contribution is 7.89. The van der Waals surface area contributed by atoms with Gasteiger partial charge >= 0.3 is 12.1 Å². The van der Waals surface area contributed by atoms with Crippen LogP contribution in [0.2, 0.25) is 10.0 Å². The zero-order valence-electron chi connectivity index (χ0n) is 25.1. The predicted octanol–water partition coefficient (Wildman–Crippen LogP) is 6.94. The summed E-state index contributed by atoms with van der Waals surface area (Å²) in [5.74, 6) is 0.401. The van der Waals surface area contributed by atoms with Crippen LogP contribution in [-0.4, -0.2) is 65.2 Å². The largest absolute Gasteiger partial charge is 0.497 e. The minimum Gasteiger partial charge on any atom is -0.497 e. The first-order valence-corrected chi connectivity index (χ1v) is 16.4. The van der Waals surface area contributed by atoms with Crippen LogP contribution in [0.15, 0.2) is 59.5 Å². The second-order valence-corrected chi connectivity index (χ2v) is 12.6. The number of anilines is 1. The normalized spacial score (nSPS) is 13.8. The highest BCUT2D eigenvalue weighted by atomic mass is 35.5. The Morgan fingerprint density at radius 2 is 1.44 bits per heavy atom. The van der Waals surface area contributed by atoms with Crippen LogP contribution in [0.1, 0.15) is 32.6 Å². The topological polar surface area (TPSA) is 121 Å². The molecule has 0 bridgehead atoms. The van der Waals surface area contributed by atoms with Gasteiger partial charge in [-0.1, -0.05) is 36.0 Å². The average Bonchev–Trinajstić information content (AvgIpc) is 3.32. The molecule has 1 aliphatic rings. The minimum atomic E-state index is -3.88. The SMILES string of the molecule is CCOC(=O)CN(C(=O)Oc1ccc(OC)cc1)c1cc(Cl)c(Oc2ccc(OC)c(S(=O)(=O)N3CCCCCC3)c2)c(Cl)c1. The maximum atomic E-state index is 13.6. The third kappa shape index (κ3) is 8.51. The van der Waals surface area contributed by atoms with E-state index in [0.717, 1.165) is 30.6 Å². The van der Waals surface area contributed by atoms with E-state index in [2.05, 4.69) is 0 Å². The predicted molar refractivity (Wildman–Crippen MR) is 170 cm³/mol. The number of amides is 1. The molecule has 1 saturated heterocycles. The van der Waals surface area contributed by atoms with Crippen molar-refractivity contribution >= 4 is 51.0 Å². The van der Waals surface area contributed by atoms with E-state index in [4.69, 9.17) is 46.9 Å². The Kier molecular flexibility index (Phi) is 11.8. The van der Waals surface area contributed by atoms with Crippen LogP contribution in [0, 0.1) is 0 Å². The van der Waals surface area contributed by atoms with Gasteiger partial charge in [0.25, 0.3) is 0 Å². The van der Waals surface area contributed by atoms with Crippen molar-refractivity contribution in [1.82, 2.24) is 4.31 Å². The molecule has 1 heterocycles. The zero-order valence-corrected chi connectivity index (χ0v) is 27.4. The number of hydrogen-bond donors (Lipinski definition) is 0. The van der Waals surface area contributed by atoms with Crippen LogP contribution in [-0.2, 0) is 19.6 Å². The average molecular weight is 682 g/mol. The molecule has 1 aliphatic heterocycles. The fourth-order valence-corrected chi connectivity index (χ4v) is 6.90. The number of hydrogen-bond acceptors (Lipinski definition) is 9. The molecular weight excluding hydrogens is 647 g/mol. The van der Waals surface area contributed by atoms with Crippen LogP contribution in [0.4, 0.5) is 10.5 Å². The van der Waals surface area contributed by atoms with E-state index in [0.29, 0.717) is 18.8 Å². The van der Waals surface area contributed by atoms with Crippen molar-refractivity contribution < 1.29 is 41.7 Å². The number of sulfonamides is 1. The molecule has 3 aromatic carbocycles. The number of rotatable bonds is 11. The first-order valence-electron chi connectivity index (χ1n) is 14.2. The van der Waals surface area contributed by atoms with Crippen molar-refractivity contribution in [2.75, 3.05) is 45.4 Å². The van der Waals surface area contributed by atoms with Crippen molar-refractivity contribution in [2.24, 2.45) is 0 Å². The van der Waals surface area contributed by atoms with Crippen LogP contribution >= 0.6 is 23.2 Å². The van der Waals surface area contributed by atoms with Gasteiger partial charge in [-0.15, -0.1) is 0 Å². The van der Waals surface area contributed by atoms with E-state index in [9.17, 15) is 18.0 Å². The molecule has 0 N–H and O–H groups in total. The molecule has 0 aliphatic carbocycles. The fraction of sp³-hybridized carbons (Fsp3) is 0.355. The van der Waals surface area contributed by atoms with Gasteiger partial charge in [-0.3, -0.25) is 9.69 Å². The summed E-state index contributed by atoms with van der Waals surface area (Å²) in [6, 6.07) is 13.4. The highest BCUT2D eigenvalue weighted by Crippen LogP contribution is 2.41. The van der Waals surface area contributed by atoms with Gasteiger partial charge in [-0.05, 0) is 68.3 Å². The maximum absolute atomic E-state index is 13.6. The second-order valence-electron chi connectivity index (χ2n) is 9.91. The molecular formula is C31H34Cl2N2O9S. The third-order valence-corrected chi connectivity index (χ3v) is 9.39. The number of ether oxygens (including phenoxy) is 5. The molecule has 242 valence electrons. The van der Waals surface area contributed by atoms with E-state index in [1.54, 1.807) is 19.1 Å². The Morgan fingerprint density at radius 1 is 0.844 bits per heavy atom. The van der Waals surface area contributed by atoms with E-state index >= 15 is 0 Å². The minimum absolute atomic E-state index is 0.00461. The lowest BCUT2D eigenvalue weighted by Crippen LogP contribution is -2.38. The molecule has 3 aromatic rings. The van der Waals surface area contributed by atoms with Gasteiger partial charge in [-0.2, -0.15) is 4.31 Å². The lowest BCUT2D eigenvalue weighted by atomic mass is 10.2. The first-order chi connectivity index (χ1) is 21.6. The van der Waals surface area contributed by atoms with Gasteiger partial charge in [0.2, 0.25) is 10.0 Å². The van der Waals surface area contributed by atoms with Crippen molar-refractivity contribution in [1.29, 1.82) is 0 Å². The number of halogens is 2. The lowest BCUT2D eigenvalue weighted by molar-refractivity contribution is -0.141. The molecule has 0 aromatic heterocycles. The van der Waals surface area contributed by atoms with Crippen molar-refractivity contribution in [3.63, 3.8) is 0 Å². The zero-order chi connectivity index (χ0) is 32.6. The fourth-order valence-electron chi connectivity index (χ4n) is 4.66. The molecule has 0 radical (unpaired) electrons. The number of esters is 1. The van der Waals surface area contributed by atoms with Gasteiger partial charge in [-0.25, -0.2) is 13.2 Å². The summed E-state index contributed by atoms with van der Waals surface area (Å²) in [4.78, 5) is 26.6. The van der Waals surface area contributed by atoms with E-state index in [-0.39, 0.29) is 50.2 Å². The number of benzene rings is 3. The van der Waals surface area contributed by atoms with Gasteiger partial charge in [0.15, 0.2) is 5.75 Å². The summed E-state index contributed by atoms with van der Waals surface area (Å²) < 4.78 is 55.6. The smallest absolute Gasteiger partial charge is 0.420 e. The molecule has 4 rings (SSSR count). The lowest BCUT2D eigenvalue weighted by Gasteiger charge is -2.23.